The predicted molar refractivity (Wildman–Crippen MR) is 72.0 cm³/mol. The highest BCUT2D eigenvalue weighted by atomic mass is 16.5. The van der Waals surface area contributed by atoms with Crippen molar-refractivity contribution in [2.75, 3.05) is 6.61 Å². The Morgan fingerprint density at radius 3 is 3.00 bits per heavy atom. The summed E-state index contributed by atoms with van der Waals surface area (Å²) >= 11 is 0. The van der Waals surface area contributed by atoms with Gasteiger partial charge in [0.1, 0.15) is 6.10 Å². The van der Waals surface area contributed by atoms with Crippen LogP contribution in [0.25, 0.3) is 0 Å². The highest BCUT2D eigenvalue weighted by Crippen LogP contribution is 2.46. The molecule has 0 spiro atoms. The fraction of sp³-hybridized carbons (Fsp3) is 0.750. The Kier molecular flexibility index (Phi) is 3.47. The van der Waals surface area contributed by atoms with Crippen molar-refractivity contribution >= 4 is 0 Å². The summed E-state index contributed by atoms with van der Waals surface area (Å²) in [6.45, 7) is 2.58. The smallest absolute Gasteiger partial charge is 0.100 e. The Balaban J connectivity index is 1.91. The van der Waals surface area contributed by atoms with Crippen LogP contribution < -0.4 is 0 Å². The van der Waals surface area contributed by atoms with Crippen molar-refractivity contribution in [2.45, 2.75) is 51.6 Å². The molecule has 0 saturated heterocycles. The van der Waals surface area contributed by atoms with Gasteiger partial charge in [-0.3, -0.25) is 0 Å². The number of rotatable bonds is 2. The third kappa shape index (κ3) is 2.11. The minimum atomic E-state index is 0.244. The van der Waals surface area contributed by atoms with Crippen molar-refractivity contribution in [1.29, 1.82) is 0 Å². The molecule has 0 aromatic carbocycles. The molecule has 0 fully saturated rings. The van der Waals surface area contributed by atoms with E-state index in [0.29, 0.717) is 17.8 Å². The van der Waals surface area contributed by atoms with Gasteiger partial charge in [0.2, 0.25) is 0 Å². The van der Waals surface area contributed by atoms with Crippen LogP contribution in [0, 0.1) is 17.8 Å². The van der Waals surface area contributed by atoms with Crippen LogP contribution in [0.1, 0.15) is 45.4 Å². The average molecular weight is 248 g/mol. The van der Waals surface area contributed by atoms with Crippen molar-refractivity contribution in [1.82, 2.24) is 0 Å². The van der Waals surface area contributed by atoms with E-state index in [1.807, 2.05) is 0 Å². The first kappa shape index (κ1) is 12.3. The molecule has 2 heteroatoms. The zero-order valence-electron chi connectivity index (χ0n) is 11.3. The lowest BCUT2D eigenvalue weighted by Gasteiger charge is -2.36. The van der Waals surface area contributed by atoms with Crippen molar-refractivity contribution < 1.29 is 9.84 Å². The Morgan fingerprint density at radius 1 is 1.28 bits per heavy atom. The minimum absolute atomic E-state index is 0.244. The van der Waals surface area contributed by atoms with Crippen LogP contribution in [0.15, 0.2) is 23.5 Å². The molecule has 100 valence electrons. The van der Waals surface area contributed by atoms with Crippen LogP contribution in [0.5, 0.6) is 0 Å². The van der Waals surface area contributed by atoms with E-state index >= 15 is 0 Å². The van der Waals surface area contributed by atoms with E-state index in [-0.39, 0.29) is 12.7 Å². The number of aliphatic hydroxyl groups excluding tert-OH is 1. The molecular formula is C16H24O2. The maximum absolute atomic E-state index is 9.14. The molecule has 0 bridgehead atoms. The Bertz CT molecular complexity index is 369. The first-order valence-corrected chi connectivity index (χ1v) is 7.48. The van der Waals surface area contributed by atoms with Crippen LogP contribution in [-0.4, -0.2) is 17.8 Å². The highest BCUT2D eigenvalue weighted by molar-refractivity contribution is 5.29. The Hall–Kier alpha value is -0.760. The van der Waals surface area contributed by atoms with Crippen molar-refractivity contribution in [3.63, 3.8) is 0 Å². The molecule has 0 unspecified atom stereocenters. The maximum atomic E-state index is 9.14. The summed E-state index contributed by atoms with van der Waals surface area (Å²) in [5.41, 5.74) is 1.61. The molecular weight excluding hydrogens is 224 g/mol. The second kappa shape index (κ2) is 5.08. The molecule has 4 atom stereocenters. The highest BCUT2D eigenvalue weighted by Gasteiger charge is 2.37. The topological polar surface area (TPSA) is 29.5 Å². The zero-order chi connectivity index (χ0) is 12.5. The minimum Gasteiger partial charge on any atom is -0.495 e. The molecule has 0 aromatic rings. The van der Waals surface area contributed by atoms with Gasteiger partial charge in [0.15, 0.2) is 0 Å². The van der Waals surface area contributed by atoms with Crippen molar-refractivity contribution in [3.05, 3.63) is 23.5 Å². The van der Waals surface area contributed by atoms with Gasteiger partial charge in [-0.05, 0) is 43.1 Å². The molecule has 3 aliphatic rings. The maximum Gasteiger partial charge on any atom is 0.100 e. The standard InChI is InChI=1S/C16H24O2/c1-11-5-6-12-3-2-4-15-16(12)14(11)8-7-13(18-15)9-10-17/h5-6,11-14,17H,2-4,7-10H2,1H3/t11-,12+,13+,14-/m0/s1. The zero-order valence-corrected chi connectivity index (χ0v) is 11.3. The molecule has 0 saturated carbocycles. The van der Waals surface area contributed by atoms with Crippen LogP contribution >= 0.6 is 0 Å². The summed E-state index contributed by atoms with van der Waals surface area (Å²) in [7, 11) is 0. The van der Waals surface area contributed by atoms with E-state index < -0.39 is 0 Å². The molecule has 3 rings (SSSR count). The molecule has 2 nitrogen and oxygen atoms in total. The summed E-state index contributed by atoms with van der Waals surface area (Å²) in [5, 5.41) is 9.14. The number of ether oxygens (including phenoxy) is 1. The SMILES string of the molecule is C[C@H]1C=C[C@H]2CCCC3=C2[C@H]1CC[C@H](CCO)O3. The normalized spacial score (nSPS) is 39.0. The lowest BCUT2D eigenvalue weighted by Crippen LogP contribution is -2.25. The largest absolute Gasteiger partial charge is 0.495 e. The van der Waals surface area contributed by atoms with Gasteiger partial charge in [-0.2, -0.15) is 0 Å². The predicted octanol–water partition coefficient (Wildman–Crippen LogP) is 3.42. The molecule has 0 radical (unpaired) electrons. The van der Waals surface area contributed by atoms with Gasteiger partial charge in [0.25, 0.3) is 0 Å². The summed E-state index contributed by atoms with van der Waals surface area (Å²) in [5.74, 6) is 3.27. The molecule has 1 heterocycles. The lowest BCUT2D eigenvalue weighted by molar-refractivity contribution is 0.0761. The van der Waals surface area contributed by atoms with Crippen LogP contribution in [0.4, 0.5) is 0 Å². The molecule has 0 amide bonds. The van der Waals surface area contributed by atoms with E-state index in [0.717, 1.165) is 19.3 Å². The average Bonchev–Trinajstić information content (AvgIpc) is 2.56. The molecule has 0 aromatic heterocycles. The quantitative estimate of drug-likeness (QED) is 0.759. The third-order valence-electron chi connectivity index (χ3n) is 4.88. The fourth-order valence-electron chi connectivity index (χ4n) is 3.92. The lowest BCUT2D eigenvalue weighted by atomic mass is 9.69. The molecule has 2 aliphatic carbocycles. The van der Waals surface area contributed by atoms with Gasteiger partial charge in [0, 0.05) is 25.4 Å². The van der Waals surface area contributed by atoms with E-state index in [2.05, 4.69) is 19.1 Å². The summed E-state index contributed by atoms with van der Waals surface area (Å²) in [4.78, 5) is 0. The van der Waals surface area contributed by atoms with Gasteiger partial charge in [-0.15, -0.1) is 0 Å². The van der Waals surface area contributed by atoms with Gasteiger partial charge in [-0.1, -0.05) is 19.1 Å². The second-order valence-electron chi connectivity index (χ2n) is 6.06. The number of hydrogen-bond acceptors (Lipinski definition) is 2. The number of hydrogen-bond donors (Lipinski definition) is 1. The second-order valence-corrected chi connectivity index (χ2v) is 6.06. The number of allylic oxidation sites excluding steroid dienone is 4. The summed E-state index contributed by atoms with van der Waals surface area (Å²) < 4.78 is 6.23. The molecule has 18 heavy (non-hydrogen) atoms. The van der Waals surface area contributed by atoms with Gasteiger partial charge in [0.05, 0.1) is 5.76 Å². The Labute approximate surface area is 110 Å². The van der Waals surface area contributed by atoms with Gasteiger partial charge in [-0.25, -0.2) is 0 Å². The van der Waals surface area contributed by atoms with Gasteiger partial charge < -0.3 is 9.84 Å². The van der Waals surface area contributed by atoms with E-state index in [1.165, 1.54) is 25.0 Å². The van der Waals surface area contributed by atoms with E-state index in [9.17, 15) is 0 Å². The van der Waals surface area contributed by atoms with Crippen LogP contribution in [-0.2, 0) is 4.74 Å². The van der Waals surface area contributed by atoms with Crippen molar-refractivity contribution in [3.8, 4) is 0 Å². The van der Waals surface area contributed by atoms with Crippen LogP contribution in [0.2, 0.25) is 0 Å². The number of aliphatic hydroxyl groups is 1. The first-order chi connectivity index (χ1) is 8.79. The third-order valence-corrected chi connectivity index (χ3v) is 4.88. The van der Waals surface area contributed by atoms with Crippen molar-refractivity contribution in [2.24, 2.45) is 17.8 Å². The molecule has 1 aliphatic heterocycles. The first-order valence-electron chi connectivity index (χ1n) is 7.48. The van der Waals surface area contributed by atoms with E-state index in [1.54, 1.807) is 5.57 Å². The monoisotopic (exact) mass is 248 g/mol. The summed E-state index contributed by atoms with van der Waals surface area (Å²) in [6, 6.07) is 0. The van der Waals surface area contributed by atoms with Crippen LogP contribution in [0.3, 0.4) is 0 Å². The fourth-order valence-corrected chi connectivity index (χ4v) is 3.92. The van der Waals surface area contributed by atoms with E-state index in [4.69, 9.17) is 9.84 Å². The van der Waals surface area contributed by atoms with Gasteiger partial charge >= 0.3 is 0 Å². The summed E-state index contributed by atoms with van der Waals surface area (Å²) in [6.07, 6.45) is 11.8. The molecule has 1 N–H and O–H groups in total. The Morgan fingerprint density at radius 2 is 2.17 bits per heavy atom.